The van der Waals surface area contributed by atoms with Gasteiger partial charge < -0.3 is 9.47 Å². The zero-order valence-corrected chi connectivity index (χ0v) is 15.9. The molecule has 0 bridgehead atoms. The lowest BCUT2D eigenvalue weighted by atomic mass is 9.92. The molecule has 1 fully saturated rings. The third-order valence-electron chi connectivity index (χ3n) is 5.40. The van der Waals surface area contributed by atoms with Gasteiger partial charge in [-0.05, 0) is 50.2 Å². The second-order valence-electron chi connectivity index (χ2n) is 7.03. The van der Waals surface area contributed by atoms with Crippen molar-refractivity contribution in [2.75, 3.05) is 27.3 Å². The van der Waals surface area contributed by atoms with Gasteiger partial charge in [-0.2, -0.15) is 0 Å². The van der Waals surface area contributed by atoms with Crippen LogP contribution in [0.15, 0.2) is 48.8 Å². The summed E-state index contributed by atoms with van der Waals surface area (Å²) in [5, 5.41) is 1.10. The molecule has 0 aliphatic carbocycles. The third-order valence-corrected chi connectivity index (χ3v) is 5.40. The molecule has 27 heavy (non-hydrogen) atoms. The average molecular weight is 363 g/mol. The molecule has 0 saturated carbocycles. The van der Waals surface area contributed by atoms with Crippen molar-refractivity contribution in [1.29, 1.82) is 0 Å². The Morgan fingerprint density at radius 2 is 1.89 bits per heavy atom. The molecular weight excluding hydrogens is 338 g/mol. The zero-order chi connectivity index (χ0) is 18.6. The molecule has 5 nitrogen and oxygen atoms in total. The lowest BCUT2D eigenvalue weighted by Gasteiger charge is -2.32. The van der Waals surface area contributed by atoms with Crippen LogP contribution in [0.25, 0.3) is 10.9 Å². The number of nitrogens with zero attached hydrogens (tertiary/aromatic N) is 3. The highest BCUT2D eigenvalue weighted by Crippen LogP contribution is 2.31. The molecule has 1 aliphatic rings. The van der Waals surface area contributed by atoms with Crippen LogP contribution in [-0.4, -0.2) is 42.2 Å². The number of ether oxygens (including phenoxy) is 2. The van der Waals surface area contributed by atoms with Crippen LogP contribution >= 0.6 is 0 Å². The molecule has 2 aromatic heterocycles. The number of benzene rings is 1. The second kappa shape index (κ2) is 7.92. The van der Waals surface area contributed by atoms with E-state index in [9.17, 15) is 0 Å². The van der Waals surface area contributed by atoms with Crippen LogP contribution in [-0.2, 0) is 6.54 Å². The van der Waals surface area contributed by atoms with Gasteiger partial charge in [-0.25, -0.2) is 0 Å². The number of rotatable bonds is 5. The summed E-state index contributed by atoms with van der Waals surface area (Å²) in [6.45, 7) is 3.01. The third kappa shape index (κ3) is 3.88. The van der Waals surface area contributed by atoms with Gasteiger partial charge in [0.15, 0.2) is 0 Å². The van der Waals surface area contributed by atoms with Crippen molar-refractivity contribution < 1.29 is 9.47 Å². The Morgan fingerprint density at radius 3 is 2.67 bits per heavy atom. The van der Waals surface area contributed by atoms with E-state index in [0.29, 0.717) is 5.92 Å². The summed E-state index contributed by atoms with van der Waals surface area (Å²) in [4.78, 5) is 11.6. The largest absolute Gasteiger partial charge is 0.497 e. The van der Waals surface area contributed by atoms with Crippen molar-refractivity contribution in [3.05, 3.63) is 60.0 Å². The van der Waals surface area contributed by atoms with Crippen LogP contribution in [0.1, 0.15) is 30.0 Å². The summed E-state index contributed by atoms with van der Waals surface area (Å²) < 4.78 is 10.8. The molecule has 0 radical (unpaired) electrons. The normalized spacial score (nSPS) is 15.8. The Balaban J connectivity index is 1.41. The van der Waals surface area contributed by atoms with E-state index >= 15 is 0 Å². The lowest BCUT2D eigenvalue weighted by Crippen LogP contribution is -2.32. The lowest BCUT2D eigenvalue weighted by molar-refractivity contribution is 0.201. The molecule has 5 heteroatoms. The van der Waals surface area contributed by atoms with E-state index in [2.05, 4.69) is 28.1 Å². The molecule has 1 aromatic carbocycles. The first-order valence-electron chi connectivity index (χ1n) is 9.41. The number of hydrogen-bond acceptors (Lipinski definition) is 5. The van der Waals surface area contributed by atoms with Crippen molar-refractivity contribution in [2.45, 2.75) is 25.3 Å². The number of aromatic nitrogens is 2. The summed E-state index contributed by atoms with van der Waals surface area (Å²) in [5.41, 5.74) is 3.40. The first kappa shape index (κ1) is 17.7. The van der Waals surface area contributed by atoms with Gasteiger partial charge in [-0.3, -0.25) is 14.9 Å². The number of methoxy groups -OCH3 is 2. The second-order valence-corrected chi connectivity index (χ2v) is 7.03. The maximum Gasteiger partial charge on any atom is 0.127 e. The van der Waals surface area contributed by atoms with Gasteiger partial charge in [0.2, 0.25) is 0 Å². The van der Waals surface area contributed by atoms with Gasteiger partial charge in [-0.1, -0.05) is 6.07 Å². The molecule has 1 saturated heterocycles. The van der Waals surface area contributed by atoms with Gasteiger partial charge in [0.05, 0.1) is 19.7 Å². The molecule has 3 heterocycles. The summed E-state index contributed by atoms with van der Waals surface area (Å²) in [7, 11) is 3.39. The van der Waals surface area contributed by atoms with E-state index in [0.717, 1.165) is 54.9 Å². The molecular formula is C22H25N3O2. The molecule has 140 valence electrons. The summed E-state index contributed by atoms with van der Waals surface area (Å²) in [5.74, 6) is 2.22. The van der Waals surface area contributed by atoms with Crippen LogP contribution < -0.4 is 9.47 Å². The van der Waals surface area contributed by atoms with Gasteiger partial charge in [0.25, 0.3) is 0 Å². The van der Waals surface area contributed by atoms with E-state index in [4.69, 9.17) is 14.5 Å². The molecule has 0 amide bonds. The van der Waals surface area contributed by atoms with Crippen LogP contribution in [0.2, 0.25) is 0 Å². The maximum absolute atomic E-state index is 5.54. The summed E-state index contributed by atoms with van der Waals surface area (Å²) in [6, 6.07) is 12.2. The van der Waals surface area contributed by atoms with Gasteiger partial charge in [0.1, 0.15) is 11.5 Å². The summed E-state index contributed by atoms with van der Waals surface area (Å²) in [6.07, 6.45) is 6.02. The van der Waals surface area contributed by atoms with Gasteiger partial charge in [-0.15, -0.1) is 0 Å². The summed E-state index contributed by atoms with van der Waals surface area (Å²) >= 11 is 0. The van der Waals surface area contributed by atoms with Crippen LogP contribution in [0.3, 0.4) is 0 Å². The van der Waals surface area contributed by atoms with Crippen molar-refractivity contribution in [3.63, 3.8) is 0 Å². The Kier molecular flexibility index (Phi) is 5.21. The molecule has 0 unspecified atom stereocenters. The molecule has 3 aromatic rings. The number of hydrogen-bond donors (Lipinski definition) is 0. The minimum atomic E-state index is 0.505. The molecule has 0 spiro atoms. The quantitative estimate of drug-likeness (QED) is 0.685. The number of piperidine rings is 1. The van der Waals surface area contributed by atoms with Crippen LogP contribution in [0, 0.1) is 0 Å². The van der Waals surface area contributed by atoms with Crippen LogP contribution in [0.4, 0.5) is 0 Å². The minimum absolute atomic E-state index is 0.505. The highest BCUT2D eigenvalue weighted by Gasteiger charge is 2.22. The number of likely N-dealkylation sites (tertiary alicyclic amines) is 1. The predicted octanol–water partition coefficient (Wildman–Crippen LogP) is 4.03. The van der Waals surface area contributed by atoms with Crippen molar-refractivity contribution in [2.24, 2.45) is 0 Å². The standard InChI is InChI=1S/C22H25N3O2/c1-26-19-6-5-18(22(12-19)27-2)15-25-10-7-16(8-11-25)20-13-21-17(14-24-20)4-3-9-23-21/h3-6,9,12-14,16H,7-8,10-11,15H2,1-2H3. The topological polar surface area (TPSA) is 47.5 Å². The van der Waals surface area contributed by atoms with E-state index in [1.807, 2.05) is 30.6 Å². The number of pyridine rings is 2. The van der Waals surface area contributed by atoms with Crippen molar-refractivity contribution in [1.82, 2.24) is 14.9 Å². The highest BCUT2D eigenvalue weighted by atomic mass is 16.5. The Bertz CT molecular complexity index is 920. The SMILES string of the molecule is COc1ccc(CN2CCC(c3cc4ncccc4cn3)CC2)c(OC)c1. The predicted molar refractivity (Wildman–Crippen MR) is 106 cm³/mol. The van der Waals surface area contributed by atoms with Crippen molar-refractivity contribution >= 4 is 10.9 Å². The fourth-order valence-electron chi connectivity index (χ4n) is 3.81. The highest BCUT2D eigenvalue weighted by molar-refractivity contribution is 5.77. The smallest absolute Gasteiger partial charge is 0.127 e. The van der Waals surface area contributed by atoms with Crippen molar-refractivity contribution in [3.8, 4) is 11.5 Å². The van der Waals surface area contributed by atoms with E-state index in [1.54, 1.807) is 14.2 Å². The molecule has 1 aliphatic heterocycles. The molecule has 0 N–H and O–H groups in total. The first-order valence-corrected chi connectivity index (χ1v) is 9.41. The molecule has 4 rings (SSSR count). The fourth-order valence-corrected chi connectivity index (χ4v) is 3.81. The fraction of sp³-hybridized carbons (Fsp3) is 0.364. The zero-order valence-electron chi connectivity index (χ0n) is 15.9. The Morgan fingerprint density at radius 1 is 1.04 bits per heavy atom. The van der Waals surface area contributed by atoms with Crippen LogP contribution in [0.5, 0.6) is 11.5 Å². The average Bonchev–Trinajstić information content (AvgIpc) is 2.74. The number of fused-ring (bicyclic) bond motifs is 1. The van der Waals surface area contributed by atoms with Gasteiger partial charge in [0, 0.05) is 47.6 Å². The minimum Gasteiger partial charge on any atom is -0.497 e. The Labute approximate surface area is 160 Å². The first-order chi connectivity index (χ1) is 13.3. The molecule has 0 atom stereocenters. The van der Waals surface area contributed by atoms with Gasteiger partial charge >= 0.3 is 0 Å². The van der Waals surface area contributed by atoms with E-state index in [-0.39, 0.29) is 0 Å². The Hall–Kier alpha value is -2.66. The van der Waals surface area contributed by atoms with E-state index in [1.165, 1.54) is 11.3 Å². The van der Waals surface area contributed by atoms with E-state index < -0.39 is 0 Å². The maximum atomic E-state index is 5.54. The monoisotopic (exact) mass is 363 g/mol.